The van der Waals surface area contributed by atoms with Gasteiger partial charge >= 0.3 is 0 Å². The number of nitrogens with zero attached hydrogens (tertiary/aromatic N) is 2. The third-order valence-corrected chi connectivity index (χ3v) is 7.47. The summed E-state index contributed by atoms with van der Waals surface area (Å²) in [5, 5.41) is 3.82. The van der Waals surface area contributed by atoms with E-state index in [4.69, 9.17) is 23.2 Å². The molecule has 7 heteroatoms. The number of anilines is 1. The van der Waals surface area contributed by atoms with Gasteiger partial charge in [0, 0.05) is 29.6 Å². The first kappa shape index (κ1) is 22.9. The number of amides is 1. The minimum Gasteiger partial charge on any atom is -0.325 e. The first-order chi connectivity index (χ1) is 17.5. The van der Waals surface area contributed by atoms with Gasteiger partial charge in [-0.3, -0.25) is 9.20 Å². The molecule has 0 fully saturated rings. The molecule has 0 unspecified atom stereocenters. The van der Waals surface area contributed by atoms with Gasteiger partial charge in [0.05, 0.1) is 15.7 Å². The van der Waals surface area contributed by atoms with Gasteiger partial charge in [-0.15, -0.1) is 0 Å². The van der Waals surface area contributed by atoms with Crippen molar-refractivity contribution in [2.45, 2.75) is 25.8 Å². The second-order valence-electron chi connectivity index (χ2n) is 8.97. The first-order valence-electron chi connectivity index (χ1n) is 11.9. The Morgan fingerprint density at radius 2 is 1.67 bits per heavy atom. The third kappa shape index (κ3) is 3.89. The molecule has 3 heterocycles. The normalized spacial score (nSPS) is 13.1. The molecule has 0 aliphatic carbocycles. The molecule has 0 saturated carbocycles. The fourth-order valence-corrected chi connectivity index (χ4v) is 5.44. The minimum atomic E-state index is -0.276. The van der Waals surface area contributed by atoms with Crippen molar-refractivity contribution in [1.82, 2.24) is 8.97 Å². The van der Waals surface area contributed by atoms with Crippen LogP contribution in [0.3, 0.4) is 0 Å². The zero-order chi connectivity index (χ0) is 24.8. The van der Waals surface area contributed by atoms with Crippen LogP contribution < -0.4 is 5.32 Å². The molecule has 0 spiro atoms. The summed E-state index contributed by atoms with van der Waals surface area (Å²) in [5.41, 5.74) is 7.06. The van der Waals surface area contributed by atoms with Gasteiger partial charge in [-0.1, -0.05) is 53.5 Å². The van der Waals surface area contributed by atoms with Gasteiger partial charge in [0.1, 0.15) is 17.2 Å². The van der Waals surface area contributed by atoms with Crippen LogP contribution >= 0.6 is 23.2 Å². The lowest BCUT2D eigenvalue weighted by Crippen LogP contribution is -2.15. The van der Waals surface area contributed by atoms with Crippen molar-refractivity contribution in [2.24, 2.45) is 0 Å². The Labute approximate surface area is 217 Å². The number of rotatable bonds is 4. The molecule has 2 aromatic heterocycles. The van der Waals surface area contributed by atoms with Gasteiger partial charge in [-0.25, -0.2) is 4.39 Å². The van der Waals surface area contributed by atoms with Crippen LogP contribution in [0.4, 0.5) is 10.1 Å². The van der Waals surface area contributed by atoms with Crippen molar-refractivity contribution in [2.75, 3.05) is 5.32 Å². The Morgan fingerprint density at radius 3 is 2.42 bits per heavy atom. The van der Waals surface area contributed by atoms with E-state index in [1.165, 1.54) is 12.1 Å². The summed E-state index contributed by atoms with van der Waals surface area (Å²) in [6, 6.07) is 21.6. The van der Waals surface area contributed by atoms with Gasteiger partial charge in [0.2, 0.25) is 0 Å². The molecule has 0 atom stereocenters. The monoisotopic (exact) mass is 517 g/mol. The molecule has 3 aromatic carbocycles. The van der Waals surface area contributed by atoms with Crippen LogP contribution in [0.25, 0.3) is 28.0 Å². The summed E-state index contributed by atoms with van der Waals surface area (Å²) < 4.78 is 17.9. The predicted molar refractivity (Wildman–Crippen MR) is 144 cm³/mol. The van der Waals surface area contributed by atoms with Crippen LogP contribution in [0.15, 0.2) is 79.0 Å². The molecule has 36 heavy (non-hydrogen) atoms. The molecule has 1 aliphatic rings. The second-order valence-corrected chi connectivity index (χ2v) is 9.79. The van der Waals surface area contributed by atoms with E-state index in [-0.39, 0.29) is 11.7 Å². The number of aromatic nitrogens is 2. The van der Waals surface area contributed by atoms with E-state index >= 15 is 0 Å². The lowest BCUT2D eigenvalue weighted by atomic mass is 9.98. The number of halogens is 3. The number of imidazole rings is 1. The standard InChI is InChI=1S/C29H22Cl2FN3O/c30-23-14-13-21(16-24(23)31)33-28(36)27-26(19-6-2-1-3-7-19)22-8-4-5-15-34-25(17-35(27)29(22)34)18-9-11-20(32)12-10-18/h1-3,6-7,9-14,16-17H,4-5,8,15H2,(H,33,36). The Morgan fingerprint density at radius 1 is 0.889 bits per heavy atom. The van der Waals surface area contributed by atoms with Crippen molar-refractivity contribution in [3.63, 3.8) is 0 Å². The van der Waals surface area contributed by atoms with E-state index < -0.39 is 0 Å². The number of carbonyl (C=O) groups is 1. The highest BCUT2D eigenvalue weighted by Crippen LogP contribution is 2.39. The zero-order valence-electron chi connectivity index (χ0n) is 19.3. The smallest absolute Gasteiger partial charge is 0.273 e. The largest absolute Gasteiger partial charge is 0.325 e. The van der Waals surface area contributed by atoms with Gasteiger partial charge in [-0.2, -0.15) is 0 Å². The van der Waals surface area contributed by atoms with Gasteiger partial charge in [-0.05, 0) is 72.9 Å². The maximum Gasteiger partial charge on any atom is 0.273 e. The van der Waals surface area contributed by atoms with Crippen LogP contribution in [0, 0.1) is 5.82 Å². The summed E-state index contributed by atoms with van der Waals surface area (Å²) in [7, 11) is 0. The maximum atomic E-state index is 13.9. The lowest BCUT2D eigenvalue weighted by molar-refractivity contribution is 0.102. The number of nitrogens with one attached hydrogen (secondary N) is 1. The van der Waals surface area contributed by atoms with E-state index in [2.05, 4.69) is 9.88 Å². The average Bonchev–Trinajstić information content (AvgIpc) is 3.30. The molecule has 5 aromatic rings. The fraction of sp³-hybridized carbons (Fsp3) is 0.138. The molecular formula is C29H22Cl2FN3O. The Kier molecular flexibility index (Phi) is 5.82. The van der Waals surface area contributed by atoms with E-state index in [1.54, 1.807) is 30.3 Å². The number of aryl methyl sites for hydroxylation is 2. The highest BCUT2D eigenvalue weighted by atomic mass is 35.5. The third-order valence-electron chi connectivity index (χ3n) is 6.73. The number of hydrogen-bond donors (Lipinski definition) is 1. The van der Waals surface area contributed by atoms with Crippen molar-refractivity contribution in [1.29, 1.82) is 0 Å². The summed E-state index contributed by atoms with van der Waals surface area (Å²) in [6.07, 6.45) is 4.89. The highest BCUT2D eigenvalue weighted by Gasteiger charge is 2.29. The molecule has 4 nitrogen and oxygen atoms in total. The Hall–Kier alpha value is -3.54. The Bertz CT molecular complexity index is 1600. The SMILES string of the molecule is O=C(Nc1ccc(Cl)c(Cl)c1)c1c(-c2ccccc2)c2c3n(c(-c4ccc(F)cc4)cn13)CCCC2. The summed E-state index contributed by atoms with van der Waals surface area (Å²) in [5.74, 6) is -0.515. The van der Waals surface area contributed by atoms with Crippen molar-refractivity contribution >= 4 is 40.4 Å². The van der Waals surface area contributed by atoms with Crippen LogP contribution in [-0.2, 0) is 13.0 Å². The van der Waals surface area contributed by atoms with Crippen molar-refractivity contribution in [3.05, 3.63) is 106 Å². The Balaban J connectivity index is 1.59. The van der Waals surface area contributed by atoms with Crippen LogP contribution in [-0.4, -0.2) is 14.9 Å². The molecule has 1 N–H and O–H groups in total. The average molecular weight is 518 g/mol. The quantitative estimate of drug-likeness (QED) is 0.257. The topological polar surface area (TPSA) is 38.4 Å². The second kappa shape index (κ2) is 9.16. The van der Waals surface area contributed by atoms with Crippen LogP contribution in [0.5, 0.6) is 0 Å². The summed E-state index contributed by atoms with van der Waals surface area (Å²) in [6.45, 7) is 0.822. The lowest BCUT2D eigenvalue weighted by Gasteiger charge is -2.10. The van der Waals surface area contributed by atoms with E-state index in [0.29, 0.717) is 21.4 Å². The molecule has 0 saturated heterocycles. The molecule has 1 aliphatic heterocycles. The minimum absolute atomic E-state index is 0.239. The van der Waals surface area contributed by atoms with Crippen molar-refractivity contribution in [3.8, 4) is 22.4 Å². The van der Waals surface area contributed by atoms with Gasteiger partial charge in [0.15, 0.2) is 0 Å². The van der Waals surface area contributed by atoms with E-state index in [1.807, 2.05) is 40.9 Å². The molecule has 0 radical (unpaired) electrons. The molecule has 180 valence electrons. The van der Waals surface area contributed by atoms with Crippen LogP contribution in [0.1, 0.15) is 28.9 Å². The molecule has 0 bridgehead atoms. The first-order valence-corrected chi connectivity index (χ1v) is 12.6. The molecule has 6 rings (SSSR count). The summed E-state index contributed by atoms with van der Waals surface area (Å²) >= 11 is 12.3. The van der Waals surface area contributed by atoms with Gasteiger partial charge < -0.3 is 9.88 Å². The number of benzene rings is 3. The fourth-order valence-electron chi connectivity index (χ4n) is 5.14. The van der Waals surface area contributed by atoms with E-state index in [0.717, 1.165) is 59.4 Å². The van der Waals surface area contributed by atoms with Crippen LogP contribution in [0.2, 0.25) is 10.0 Å². The number of carbonyl (C=O) groups excluding carboxylic acids is 1. The zero-order valence-corrected chi connectivity index (χ0v) is 20.8. The predicted octanol–water partition coefficient (Wildman–Crippen LogP) is 8.11. The molecular weight excluding hydrogens is 496 g/mol. The highest BCUT2D eigenvalue weighted by molar-refractivity contribution is 6.42. The van der Waals surface area contributed by atoms with E-state index in [9.17, 15) is 9.18 Å². The van der Waals surface area contributed by atoms with Gasteiger partial charge in [0.25, 0.3) is 5.91 Å². The maximum absolute atomic E-state index is 13.9. The van der Waals surface area contributed by atoms with Crippen molar-refractivity contribution < 1.29 is 9.18 Å². The molecule has 1 amide bonds. The number of hydrogen-bond acceptors (Lipinski definition) is 1. The summed E-state index contributed by atoms with van der Waals surface area (Å²) in [4.78, 5) is 13.9.